The van der Waals surface area contributed by atoms with Crippen LogP contribution in [0.15, 0.2) is 0 Å². The number of rotatable bonds is 10. The topological polar surface area (TPSA) is 91.8 Å². The lowest BCUT2D eigenvalue weighted by molar-refractivity contribution is 0.0129. The average molecular weight is 367 g/mol. The highest BCUT2D eigenvalue weighted by molar-refractivity contribution is 7.58. The summed E-state index contributed by atoms with van der Waals surface area (Å²) in [5, 5.41) is 8.53. The van der Waals surface area contributed by atoms with E-state index in [0.29, 0.717) is 52.6 Å². The summed E-state index contributed by atoms with van der Waals surface area (Å²) < 4.78 is 31.7. The van der Waals surface area contributed by atoms with E-state index < -0.39 is 7.44 Å². The van der Waals surface area contributed by atoms with E-state index in [2.05, 4.69) is 0 Å². The third-order valence-corrected chi connectivity index (χ3v) is 6.78. The van der Waals surface area contributed by atoms with E-state index in [1.165, 1.54) is 0 Å². The van der Waals surface area contributed by atoms with E-state index in [-0.39, 0.29) is 19.3 Å². The molecule has 0 aromatic rings. The normalized spacial score (nSPS) is 18.6. The smallest absolute Gasteiger partial charge is 0.409 e. The second kappa shape index (κ2) is 11.0. The van der Waals surface area contributed by atoms with Crippen LogP contribution in [0.2, 0.25) is 0 Å². The molecule has 0 aliphatic carbocycles. The van der Waals surface area contributed by atoms with Gasteiger partial charge >= 0.3 is 6.09 Å². The number of amides is 1. The molecule has 0 radical (unpaired) electrons. The second-order valence-electron chi connectivity index (χ2n) is 5.69. The molecular formula is C14H30N3O6P. The minimum atomic E-state index is -2.50. The fourth-order valence-electron chi connectivity index (χ4n) is 2.17. The van der Waals surface area contributed by atoms with Gasteiger partial charge < -0.3 is 24.2 Å². The molecule has 1 N–H and O–H groups in total. The minimum Gasteiger partial charge on any atom is -0.447 e. The zero-order valence-electron chi connectivity index (χ0n) is 14.8. The molecule has 1 saturated heterocycles. The van der Waals surface area contributed by atoms with Crippen molar-refractivity contribution in [3.63, 3.8) is 0 Å². The molecular weight excluding hydrogens is 337 g/mol. The van der Waals surface area contributed by atoms with Crippen LogP contribution in [0.1, 0.15) is 0 Å². The first-order valence-electron chi connectivity index (χ1n) is 8.08. The van der Waals surface area contributed by atoms with Gasteiger partial charge in [0.2, 0.25) is 7.44 Å². The fourth-order valence-corrected chi connectivity index (χ4v) is 3.60. The van der Waals surface area contributed by atoms with Crippen molar-refractivity contribution >= 4 is 13.5 Å². The number of piperazine rings is 1. The standard InChI is InChI=1S/C14H30N3O6P/c1-15(2)24(3,20)17-6-4-16(5-7-17)14(19)23-13-12-22-11-10-21-9-8-18/h18H,4-13H2,1-3H3. The molecule has 1 aliphatic heterocycles. The molecule has 1 heterocycles. The molecule has 24 heavy (non-hydrogen) atoms. The Bertz CT molecular complexity index is 415. The SMILES string of the molecule is CN(C)P(C)(=O)N1CCN(C(=O)OCCOCCOCCO)CC1. The van der Waals surface area contributed by atoms with Gasteiger partial charge in [0.05, 0.1) is 33.0 Å². The molecule has 10 heteroatoms. The number of aliphatic hydroxyl groups excluding tert-OH is 1. The Kier molecular flexibility index (Phi) is 9.80. The van der Waals surface area contributed by atoms with Gasteiger partial charge in [0.1, 0.15) is 6.61 Å². The molecule has 0 saturated carbocycles. The summed E-state index contributed by atoms with van der Waals surface area (Å²) in [6, 6.07) is 0. The maximum Gasteiger partial charge on any atom is 0.409 e. The summed E-state index contributed by atoms with van der Waals surface area (Å²) in [5.41, 5.74) is 0. The third-order valence-electron chi connectivity index (χ3n) is 3.84. The van der Waals surface area contributed by atoms with Crippen molar-refractivity contribution in [2.45, 2.75) is 0 Å². The van der Waals surface area contributed by atoms with Gasteiger partial charge in [-0.2, -0.15) is 0 Å². The van der Waals surface area contributed by atoms with Gasteiger partial charge in [0, 0.05) is 32.8 Å². The monoisotopic (exact) mass is 367 g/mol. The molecule has 0 spiro atoms. The van der Waals surface area contributed by atoms with Gasteiger partial charge in [-0.15, -0.1) is 0 Å². The van der Waals surface area contributed by atoms with E-state index >= 15 is 0 Å². The Balaban J connectivity index is 2.14. The molecule has 1 amide bonds. The zero-order valence-corrected chi connectivity index (χ0v) is 15.7. The second-order valence-corrected chi connectivity index (χ2v) is 8.72. The van der Waals surface area contributed by atoms with Gasteiger partial charge in [0.25, 0.3) is 0 Å². The Hall–Kier alpha value is -0.700. The first-order valence-corrected chi connectivity index (χ1v) is 10.1. The van der Waals surface area contributed by atoms with Crippen LogP contribution in [0.5, 0.6) is 0 Å². The van der Waals surface area contributed by atoms with Crippen LogP contribution in [0.4, 0.5) is 4.79 Å². The number of hydrogen-bond donors (Lipinski definition) is 1. The van der Waals surface area contributed by atoms with Crippen molar-refractivity contribution in [3.05, 3.63) is 0 Å². The number of ether oxygens (including phenoxy) is 3. The highest BCUT2D eigenvalue weighted by Crippen LogP contribution is 2.47. The van der Waals surface area contributed by atoms with Crippen molar-refractivity contribution < 1.29 is 28.7 Å². The molecule has 0 aromatic carbocycles. The summed E-state index contributed by atoms with van der Waals surface area (Å²) in [4.78, 5) is 13.6. The zero-order chi connectivity index (χ0) is 18.0. The fraction of sp³-hybridized carbons (Fsp3) is 0.929. The van der Waals surface area contributed by atoms with Gasteiger partial charge in [-0.05, 0) is 14.1 Å². The van der Waals surface area contributed by atoms with Crippen molar-refractivity contribution in [3.8, 4) is 0 Å². The van der Waals surface area contributed by atoms with Crippen molar-refractivity contribution in [2.24, 2.45) is 0 Å². The van der Waals surface area contributed by atoms with Crippen molar-refractivity contribution in [1.82, 2.24) is 14.2 Å². The van der Waals surface area contributed by atoms with Gasteiger partial charge in [-0.1, -0.05) is 0 Å². The summed E-state index contributed by atoms with van der Waals surface area (Å²) in [6.07, 6.45) is -0.370. The van der Waals surface area contributed by atoms with Crippen LogP contribution in [-0.4, -0.2) is 112 Å². The molecule has 0 aromatic heterocycles. The maximum absolute atomic E-state index is 12.6. The van der Waals surface area contributed by atoms with Crippen LogP contribution in [0.3, 0.4) is 0 Å². The molecule has 142 valence electrons. The third kappa shape index (κ3) is 7.04. The summed E-state index contributed by atoms with van der Waals surface area (Å²) in [7, 11) is 1.11. The molecule has 1 fully saturated rings. The van der Waals surface area contributed by atoms with Crippen molar-refractivity contribution in [2.75, 3.05) is 86.6 Å². The summed E-state index contributed by atoms with van der Waals surface area (Å²) >= 11 is 0. The number of hydrogen-bond acceptors (Lipinski definition) is 6. The van der Waals surface area contributed by atoms with Gasteiger partial charge in [-0.3, -0.25) is 4.57 Å². The largest absolute Gasteiger partial charge is 0.447 e. The number of carbonyl (C=O) groups is 1. The number of aliphatic hydroxyl groups is 1. The summed E-state index contributed by atoms with van der Waals surface area (Å²) in [6.45, 7) is 5.45. The van der Waals surface area contributed by atoms with Crippen LogP contribution in [-0.2, 0) is 18.8 Å². The number of nitrogens with zero attached hydrogens (tertiary/aromatic N) is 3. The lowest BCUT2D eigenvalue weighted by Gasteiger charge is -2.39. The highest BCUT2D eigenvalue weighted by Gasteiger charge is 2.32. The van der Waals surface area contributed by atoms with E-state index in [1.807, 2.05) is 4.67 Å². The molecule has 1 atom stereocenters. The average Bonchev–Trinajstić information content (AvgIpc) is 2.57. The van der Waals surface area contributed by atoms with Crippen LogP contribution >= 0.6 is 7.44 Å². The molecule has 1 aliphatic rings. The van der Waals surface area contributed by atoms with Crippen LogP contribution in [0.25, 0.3) is 0 Å². The predicted molar refractivity (Wildman–Crippen MR) is 90.4 cm³/mol. The first kappa shape index (κ1) is 21.3. The van der Waals surface area contributed by atoms with E-state index in [9.17, 15) is 9.36 Å². The van der Waals surface area contributed by atoms with E-state index in [1.54, 1.807) is 30.3 Å². The summed E-state index contributed by atoms with van der Waals surface area (Å²) in [5.74, 6) is 0. The Labute approximate surface area is 143 Å². The predicted octanol–water partition coefficient (Wildman–Crippen LogP) is 0.151. The quantitative estimate of drug-likeness (QED) is 0.431. The molecule has 9 nitrogen and oxygen atoms in total. The van der Waals surface area contributed by atoms with E-state index in [0.717, 1.165) is 0 Å². The highest BCUT2D eigenvalue weighted by atomic mass is 31.2. The van der Waals surface area contributed by atoms with E-state index in [4.69, 9.17) is 19.3 Å². The lowest BCUT2D eigenvalue weighted by Crippen LogP contribution is -2.48. The van der Waals surface area contributed by atoms with Crippen molar-refractivity contribution in [1.29, 1.82) is 0 Å². The Morgan fingerprint density at radius 3 is 2.12 bits per heavy atom. The van der Waals surface area contributed by atoms with Gasteiger partial charge in [0.15, 0.2) is 0 Å². The minimum absolute atomic E-state index is 0.00704. The molecule has 0 bridgehead atoms. The maximum atomic E-state index is 12.6. The Morgan fingerprint density at radius 2 is 1.58 bits per heavy atom. The number of carbonyl (C=O) groups excluding carboxylic acids is 1. The van der Waals surface area contributed by atoms with Crippen LogP contribution in [0, 0.1) is 0 Å². The molecule has 1 rings (SSSR count). The van der Waals surface area contributed by atoms with Crippen LogP contribution < -0.4 is 0 Å². The molecule has 1 unspecified atom stereocenters. The Morgan fingerprint density at radius 1 is 1.04 bits per heavy atom. The van der Waals surface area contributed by atoms with Gasteiger partial charge in [-0.25, -0.2) is 14.1 Å². The lowest BCUT2D eigenvalue weighted by atomic mass is 10.4. The first-order chi connectivity index (χ1) is 11.4.